The van der Waals surface area contributed by atoms with Crippen LogP contribution in [0, 0.1) is 17.3 Å². The van der Waals surface area contributed by atoms with Gasteiger partial charge < -0.3 is 13.6 Å². The topological polar surface area (TPSA) is 74.3 Å². The van der Waals surface area contributed by atoms with Crippen LogP contribution in [0.15, 0.2) is 11.6 Å². The van der Waals surface area contributed by atoms with Crippen molar-refractivity contribution in [3.63, 3.8) is 0 Å². The van der Waals surface area contributed by atoms with E-state index in [1.54, 1.807) is 7.05 Å². The molecule has 0 saturated heterocycles. The fraction of sp³-hybridized carbons (Fsp3) is 0.867. The monoisotopic (exact) mass is 583 g/mol. The zero-order chi connectivity index (χ0) is 30.2. The van der Waals surface area contributed by atoms with Crippen LogP contribution >= 0.6 is 0 Å². The maximum Gasteiger partial charge on any atom is 0.316 e. The highest BCUT2D eigenvalue weighted by molar-refractivity contribution is 6.74. The van der Waals surface area contributed by atoms with Gasteiger partial charge >= 0.3 is 5.97 Å². The molecule has 39 heavy (non-hydrogen) atoms. The predicted molar refractivity (Wildman–Crippen MR) is 162 cm³/mol. The van der Waals surface area contributed by atoms with Crippen molar-refractivity contribution in [1.82, 2.24) is 5.06 Å². The molecule has 0 aromatic heterocycles. The van der Waals surface area contributed by atoms with Gasteiger partial charge in [0.15, 0.2) is 16.6 Å². The molecule has 1 saturated carbocycles. The average molecular weight is 584 g/mol. The quantitative estimate of drug-likeness (QED) is 0.125. The van der Waals surface area contributed by atoms with Gasteiger partial charge in [-0.05, 0) is 62.5 Å². The number of ether oxygens (including phenoxy) is 1. The first kappa shape index (κ1) is 34.2. The van der Waals surface area contributed by atoms with Gasteiger partial charge in [-0.2, -0.15) is 0 Å². The first-order valence-electron chi connectivity index (χ1n) is 14.7. The third-order valence-corrected chi connectivity index (χ3v) is 19.1. The summed E-state index contributed by atoms with van der Waals surface area (Å²) in [7, 11) is -1.46. The molecule has 0 radical (unpaired) electrons. The fourth-order valence-corrected chi connectivity index (χ4v) is 8.28. The van der Waals surface area contributed by atoms with Crippen LogP contribution in [-0.4, -0.2) is 66.5 Å². The molecule has 0 N–H and O–H groups in total. The summed E-state index contributed by atoms with van der Waals surface area (Å²) in [4.78, 5) is 32.7. The molecule has 2 rings (SSSR count). The summed E-state index contributed by atoms with van der Waals surface area (Å²) >= 11 is 0. The summed E-state index contributed by atoms with van der Waals surface area (Å²) in [5.41, 5.74) is 0.155. The summed E-state index contributed by atoms with van der Waals surface area (Å²) < 4.78 is 20.3. The molecule has 226 valence electrons. The van der Waals surface area contributed by atoms with Crippen molar-refractivity contribution in [2.75, 3.05) is 20.8 Å². The number of amides is 1. The molecule has 0 aromatic rings. The highest BCUT2D eigenvalue weighted by Crippen LogP contribution is 2.58. The molecule has 5 atom stereocenters. The van der Waals surface area contributed by atoms with Gasteiger partial charge in [-0.25, -0.2) is 5.06 Å². The van der Waals surface area contributed by atoms with Gasteiger partial charge in [0.1, 0.15) is 0 Å². The lowest BCUT2D eigenvalue weighted by Crippen LogP contribution is -2.64. The van der Waals surface area contributed by atoms with Gasteiger partial charge in [-0.15, -0.1) is 0 Å². The smallest absolute Gasteiger partial charge is 0.316 e. The van der Waals surface area contributed by atoms with Crippen LogP contribution in [0.2, 0.25) is 36.3 Å². The number of esters is 1. The molecule has 0 aliphatic heterocycles. The van der Waals surface area contributed by atoms with E-state index in [4.69, 9.17) is 18.4 Å². The number of fused-ring (bicyclic) bond motifs is 1. The van der Waals surface area contributed by atoms with Crippen molar-refractivity contribution >= 4 is 28.5 Å². The number of allylic oxidation sites excluding steroid dienone is 1. The van der Waals surface area contributed by atoms with Crippen LogP contribution in [0.4, 0.5) is 0 Å². The Hall–Kier alpha value is -1.01. The summed E-state index contributed by atoms with van der Waals surface area (Å²) in [5, 5.41) is 1.21. The molecule has 0 aromatic carbocycles. The standard InChI is InChI=1S/C30H57NO6Si2/c1-15-35-27(33)30-19-17-16-18-23(30)22(20-24(32)31(9)34-10)26(37-39(13,14)29(6,7)8)25(21(30)2)36-38(11,12)28(3,4)5/h18,21-22,25-26H,15-17,19-20H2,1-14H3/t21-,22+,25-,26-,30-/m1/s1. The van der Waals surface area contributed by atoms with Gasteiger partial charge in [-0.1, -0.05) is 60.1 Å². The van der Waals surface area contributed by atoms with Crippen molar-refractivity contribution in [2.45, 2.75) is 130 Å². The van der Waals surface area contributed by atoms with Gasteiger partial charge in [0, 0.05) is 25.3 Å². The Morgan fingerprint density at radius 2 is 1.51 bits per heavy atom. The molecule has 9 heteroatoms. The van der Waals surface area contributed by atoms with Crippen LogP contribution in [0.5, 0.6) is 0 Å². The number of hydrogen-bond donors (Lipinski definition) is 0. The molecule has 0 spiro atoms. The first-order valence-corrected chi connectivity index (χ1v) is 20.5. The SMILES string of the molecule is CCOC(=O)[C@@]12CCCC=C1[C@H](CC(=O)N(C)OC)[C@@H](O[Si](C)(C)C(C)(C)C)[C@H](O[Si](C)(C)C(C)(C)C)[C@H]2C. The van der Waals surface area contributed by atoms with Gasteiger partial charge in [-0.3, -0.25) is 14.4 Å². The fourth-order valence-electron chi connectivity index (χ4n) is 5.57. The van der Waals surface area contributed by atoms with E-state index in [1.165, 1.54) is 12.2 Å². The molecule has 0 unspecified atom stereocenters. The normalized spacial score (nSPS) is 28.4. The number of hydrogen-bond acceptors (Lipinski definition) is 6. The van der Waals surface area contributed by atoms with E-state index < -0.39 is 22.0 Å². The van der Waals surface area contributed by atoms with Crippen LogP contribution in [0.3, 0.4) is 0 Å². The zero-order valence-corrected chi connectivity index (χ0v) is 29.3. The zero-order valence-electron chi connectivity index (χ0n) is 27.3. The van der Waals surface area contributed by atoms with Crippen LogP contribution in [-0.2, 0) is 28.0 Å². The number of carbonyl (C=O) groups is 2. The van der Waals surface area contributed by atoms with Crippen molar-refractivity contribution in [1.29, 1.82) is 0 Å². The second-order valence-corrected chi connectivity index (χ2v) is 24.1. The van der Waals surface area contributed by atoms with Crippen molar-refractivity contribution < 1.29 is 28.0 Å². The van der Waals surface area contributed by atoms with E-state index in [1.807, 2.05) is 6.92 Å². The molecule has 2 aliphatic carbocycles. The number of nitrogens with zero attached hydrogens (tertiary/aromatic N) is 1. The summed E-state index contributed by atoms with van der Waals surface area (Å²) in [5.74, 6) is -0.829. The number of rotatable bonds is 9. The Morgan fingerprint density at radius 1 is 1.00 bits per heavy atom. The summed E-state index contributed by atoms with van der Waals surface area (Å²) in [6.07, 6.45) is 4.11. The Kier molecular flexibility index (Phi) is 10.6. The third kappa shape index (κ3) is 6.74. The molecule has 1 fully saturated rings. The lowest BCUT2D eigenvalue weighted by Gasteiger charge is -2.58. The van der Waals surface area contributed by atoms with E-state index in [0.29, 0.717) is 13.0 Å². The summed E-state index contributed by atoms with van der Waals surface area (Å²) in [6.45, 7) is 26.7. The van der Waals surface area contributed by atoms with Crippen molar-refractivity contribution in [3.8, 4) is 0 Å². The lowest BCUT2D eigenvalue weighted by atomic mass is 9.54. The van der Waals surface area contributed by atoms with E-state index in [0.717, 1.165) is 18.4 Å². The molecular weight excluding hydrogens is 527 g/mol. The minimum Gasteiger partial charge on any atom is -0.465 e. The molecular formula is C30H57NO6Si2. The van der Waals surface area contributed by atoms with E-state index >= 15 is 0 Å². The minimum absolute atomic E-state index is 0.0321. The number of hydroxylamine groups is 2. The first-order chi connectivity index (χ1) is 17.7. The third-order valence-electron chi connectivity index (χ3n) is 10.2. The maximum atomic E-state index is 14.0. The Balaban J connectivity index is 2.84. The summed E-state index contributed by atoms with van der Waals surface area (Å²) in [6, 6.07) is 0. The highest BCUT2D eigenvalue weighted by atomic mass is 28.4. The number of carbonyl (C=O) groups excluding carboxylic acids is 2. The predicted octanol–water partition coefficient (Wildman–Crippen LogP) is 7.10. The van der Waals surface area contributed by atoms with Gasteiger partial charge in [0.2, 0.25) is 5.91 Å². The lowest BCUT2D eigenvalue weighted by molar-refractivity contribution is -0.177. The van der Waals surface area contributed by atoms with Crippen molar-refractivity contribution in [2.24, 2.45) is 17.3 Å². The molecule has 0 heterocycles. The largest absolute Gasteiger partial charge is 0.465 e. The average Bonchev–Trinajstić information content (AvgIpc) is 2.81. The molecule has 0 bridgehead atoms. The highest BCUT2D eigenvalue weighted by Gasteiger charge is 2.62. The van der Waals surface area contributed by atoms with Crippen LogP contribution < -0.4 is 0 Å². The molecule has 7 nitrogen and oxygen atoms in total. The Labute approximate surface area is 240 Å². The second kappa shape index (κ2) is 12.1. The molecule has 1 amide bonds. The molecule has 2 aliphatic rings. The minimum atomic E-state index is -2.30. The second-order valence-electron chi connectivity index (χ2n) is 14.6. The Morgan fingerprint density at radius 3 is 1.97 bits per heavy atom. The van der Waals surface area contributed by atoms with Gasteiger partial charge in [0.25, 0.3) is 0 Å². The van der Waals surface area contributed by atoms with Crippen LogP contribution in [0.1, 0.15) is 81.1 Å². The van der Waals surface area contributed by atoms with E-state index in [9.17, 15) is 9.59 Å². The van der Waals surface area contributed by atoms with Gasteiger partial charge in [0.05, 0.1) is 31.3 Å². The van der Waals surface area contributed by atoms with E-state index in [-0.39, 0.29) is 52.4 Å². The Bertz CT molecular complexity index is 919. The van der Waals surface area contributed by atoms with Crippen LogP contribution in [0.25, 0.3) is 0 Å². The van der Waals surface area contributed by atoms with E-state index in [2.05, 4.69) is 80.7 Å². The van der Waals surface area contributed by atoms with Crippen molar-refractivity contribution in [3.05, 3.63) is 11.6 Å². The maximum absolute atomic E-state index is 14.0.